The van der Waals surface area contributed by atoms with Gasteiger partial charge in [-0.25, -0.2) is 4.39 Å². The van der Waals surface area contributed by atoms with Crippen LogP contribution in [0.3, 0.4) is 0 Å². The van der Waals surface area contributed by atoms with Gasteiger partial charge in [-0.1, -0.05) is 0 Å². The second-order valence-electron chi connectivity index (χ2n) is 8.48. The average Bonchev–Trinajstić information content (AvgIpc) is 3.13. The Kier molecular flexibility index (Phi) is 7.82. The number of carbonyl (C=O) groups is 3. The van der Waals surface area contributed by atoms with E-state index in [2.05, 4.69) is 5.32 Å². The Balaban J connectivity index is 1.38. The Morgan fingerprint density at radius 3 is 2.77 bits per heavy atom. The maximum Gasteiger partial charge on any atom is 0.224 e. The summed E-state index contributed by atoms with van der Waals surface area (Å²) in [6.07, 6.45) is 5.85. The first-order valence-corrected chi connectivity index (χ1v) is 11.0. The molecule has 1 aromatic carbocycles. The number of rotatable bonds is 8. The fourth-order valence-electron chi connectivity index (χ4n) is 4.36. The molecule has 0 aliphatic carbocycles. The lowest BCUT2D eigenvalue weighted by Crippen LogP contribution is -2.40. The summed E-state index contributed by atoms with van der Waals surface area (Å²) < 4.78 is 13.2. The molecule has 3 rings (SSSR count). The summed E-state index contributed by atoms with van der Waals surface area (Å²) in [6, 6.07) is 4.33. The van der Waals surface area contributed by atoms with E-state index >= 15 is 0 Å². The summed E-state index contributed by atoms with van der Waals surface area (Å²) in [5.74, 6) is 0.281. The number of hydrogen-bond donors (Lipinski definition) is 1. The number of nitrogens with zero attached hydrogens (tertiary/aromatic N) is 2. The third-order valence-electron chi connectivity index (χ3n) is 6.10. The highest BCUT2D eigenvalue weighted by Gasteiger charge is 2.25. The fourth-order valence-corrected chi connectivity index (χ4v) is 4.36. The quantitative estimate of drug-likeness (QED) is 0.704. The van der Waals surface area contributed by atoms with Gasteiger partial charge in [-0.2, -0.15) is 0 Å². The van der Waals surface area contributed by atoms with Crippen molar-refractivity contribution in [1.82, 2.24) is 9.80 Å². The number of carbonyl (C=O) groups excluding carboxylic acids is 3. The summed E-state index contributed by atoms with van der Waals surface area (Å²) >= 11 is 0. The first kappa shape index (κ1) is 22.2. The minimum atomic E-state index is -0.315. The molecule has 1 atom stereocenters. The Hall–Kier alpha value is -2.44. The van der Waals surface area contributed by atoms with E-state index in [1.165, 1.54) is 12.1 Å². The molecule has 6 nitrogen and oxygen atoms in total. The first-order chi connectivity index (χ1) is 14.4. The molecule has 2 fully saturated rings. The van der Waals surface area contributed by atoms with Crippen LogP contribution < -0.4 is 5.32 Å². The minimum Gasteiger partial charge on any atom is -0.343 e. The highest BCUT2D eigenvalue weighted by molar-refractivity contribution is 5.91. The number of aryl methyl sites for hydroxylation is 1. The van der Waals surface area contributed by atoms with Crippen molar-refractivity contribution >= 4 is 23.4 Å². The Morgan fingerprint density at radius 2 is 2.03 bits per heavy atom. The molecule has 30 heavy (non-hydrogen) atoms. The van der Waals surface area contributed by atoms with E-state index in [0.29, 0.717) is 55.9 Å². The molecule has 3 amide bonds. The van der Waals surface area contributed by atoms with Crippen molar-refractivity contribution in [2.45, 2.75) is 58.3 Å². The van der Waals surface area contributed by atoms with Gasteiger partial charge in [0.05, 0.1) is 0 Å². The lowest BCUT2D eigenvalue weighted by Gasteiger charge is -2.33. The number of benzene rings is 1. The van der Waals surface area contributed by atoms with Crippen molar-refractivity contribution in [3.05, 3.63) is 29.6 Å². The van der Waals surface area contributed by atoms with E-state index in [4.69, 9.17) is 0 Å². The van der Waals surface area contributed by atoms with Crippen LogP contribution in [0.4, 0.5) is 10.1 Å². The molecule has 0 saturated carbocycles. The number of hydrogen-bond acceptors (Lipinski definition) is 3. The molecule has 0 bridgehead atoms. The molecule has 0 radical (unpaired) electrons. The second-order valence-corrected chi connectivity index (χ2v) is 8.48. The van der Waals surface area contributed by atoms with Crippen molar-refractivity contribution < 1.29 is 18.8 Å². The Bertz CT molecular complexity index is 783. The van der Waals surface area contributed by atoms with Crippen LogP contribution in [0.1, 0.15) is 56.9 Å². The van der Waals surface area contributed by atoms with Crippen LogP contribution in [0.5, 0.6) is 0 Å². The molecule has 1 aromatic rings. The van der Waals surface area contributed by atoms with Crippen molar-refractivity contribution in [3.8, 4) is 0 Å². The minimum absolute atomic E-state index is 0.0801. The molecule has 0 aromatic heterocycles. The van der Waals surface area contributed by atoms with Gasteiger partial charge in [-0.15, -0.1) is 0 Å². The number of halogens is 1. The Morgan fingerprint density at radius 1 is 1.20 bits per heavy atom. The monoisotopic (exact) mass is 417 g/mol. The molecule has 2 heterocycles. The van der Waals surface area contributed by atoms with Gasteiger partial charge >= 0.3 is 0 Å². The number of piperidine rings is 1. The van der Waals surface area contributed by atoms with Gasteiger partial charge in [-0.3, -0.25) is 14.4 Å². The molecule has 7 heteroatoms. The lowest BCUT2D eigenvalue weighted by molar-refractivity contribution is -0.134. The van der Waals surface area contributed by atoms with Crippen LogP contribution in [0.2, 0.25) is 0 Å². The largest absolute Gasteiger partial charge is 0.343 e. The maximum atomic E-state index is 13.2. The lowest BCUT2D eigenvalue weighted by atomic mass is 9.93. The molecule has 2 aliphatic heterocycles. The zero-order valence-corrected chi connectivity index (χ0v) is 17.8. The third kappa shape index (κ3) is 6.28. The van der Waals surface area contributed by atoms with Gasteiger partial charge < -0.3 is 15.1 Å². The number of likely N-dealkylation sites (tertiary alicyclic amines) is 2. The van der Waals surface area contributed by atoms with Crippen molar-refractivity contribution in [1.29, 1.82) is 0 Å². The van der Waals surface area contributed by atoms with Gasteiger partial charge in [0.25, 0.3) is 0 Å². The van der Waals surface area contributed by atoms with Crippen LogP contribution in [-0.2, 0) is 14.4 Å². The average molecular weight is 418 g/mol. The molecule has 2 aliphatic rings. The maximum absolute atomic E-state index is 13.2. The van der Waals surface area contributed by atoms with Crippen molar-refractivity contribution in [2.24, 2.45) is 5.92 Å². The second kappa shape index (κ2) is 10.5. The standard InChI is InChI=1S/C23H32FN3O3/c1-17-15-19(24)9-10-20(17)25-21(28)11-8-18-5-2-14-27(16-18)23(30)7-4-13-26-12-3-6-22(26)29/h9-10,15,18H,2-8,11-14,16H2,1H3,(H,25,28). The number of amides is 3. The molecule has 1 unspecified atom stereocenters. The smallest absolute Gasteiger partial charge is 0.224 e. The van der Waals surface area contributed by atoms with Crippen molar-refractivity contribution in [3.63, 3.8) is 0 Å². The topological polar surface area (TPSA) is 69.7 Å². The summed E-state index contributed by atoms with van der Waals surface area (Å²) in [5, 5.41) is 2.85. The van der Waals surface area contributed by atoms with Crippen molar-refractivity contribution in [2.75, 3.05) is 31.5 Å². The summed E-state index contributed by atoms with van der Waals surface area (Å²) in [6.45, 7) is 4.73. The zero-order valence-electron chi connectivity index (χ0n) is 17.8. The van der Waals surface area contributed by atoms with Gasteiger partial charge in [0.1, 0.15) is 5.82 Å². The van der Waals surface area contributed by atoms with Crippen LogP contribution >= 0.6 is 0 Å². The normalized spacial score (nSPS) is 19.3. The molecular weight excluding hydrogens is 385 g/mol. The molecule has 1 N–H and O–H groups in total. The van der Waals surface area contributed by atoms with Gasteiger partial charge in [0.2, 0.25) is 17.7 Å². The summed E-state index contributed by atoms with van der Waals surface area (Å²) in [7, 11) is 0. The zero-order chi connectivity index (χ0) is 21.5. The SMILES string of the molecule is Cc1cc(F)ccc1NC(=O)CCC1CCCN(C(=O)CCCN2CCCC2=O)C1. The van der Waals surface area contributed by atoms with Crippen LogP contribution in [-0.4, -0.2) is 53.7 Å². The highest BCUT2D eigenvalue weighted by atomic mass is 19.1. The number of nitrogens with one attached hydrogen (secondary N) is 1. The molecule has 2 saturated heterocycles. The van der Waals surface area contributed by atoms with Crippen LogP contribution in [0.25, 0.3) is 0 Å². The van der Waals surface area contributed by atoms with Gasteiger partial charge in [-0.05, 0) is 68.7 Å². The predicted molar refractivity (Wildman–Crippen MR) is 113 cm³/mol. The fraction of sp³-hybridized carbons (Fsp3) is 0.609. The van der Waals surface area contributed by atoms with Crippen LogP contribution in [0, 0.1) is 18.7 Å². The Labute approximate surface area is 177 Å². The van der Waals surface area contributed by atoms with E-state index in [9.17, 15) is 18.8 Å². The van der Waals surface area contributed by atoms with Gasteiger partial charge in [0, 0.05) is 51.1 Å². The highest BCUT2D eigenvalue weighted by Crippen LogP contribution is 2.23. The molecule has 164 valence electrons. The number of anilines is 1. The van der Waals surface area contributed by atoms with E-state index in [-0.39, 0.29) is 23.5 Å². The predicted octanol–water partition coefficient (Wildman–Crippen LogP) is 3.49. The van der Waals surface area contributed by atoms with Crippen LogP contribution in [0.15, 0.2) is 18.2 Å². The third-order valence-corrected chi connectivity index (χ3v) is 6.10. The van der Waals surface area contributed by atoms with E-state index in [0.717, 1.165) is 38.8 Å². The summed E-state index contributed by atoms with van der Waals surface area (Å²) in [4.78, 5) is 40.3. The first-order valence-electron chi connectivity index (χ1n) is 11.0. The van der Waals surface area contributed by atoms with E-state index in [1.807, 2.05) is 9.80 Å². The summed E-state index contributed by atoms with van der Waals surface area (Å²) in [5.41, 5.74) is 1.34. The van der Waals surface area contributed by atoms with E-state index < -0.39 is 0 Å². The molecular formula is C23H32FN3O3. The van der Waals surface area contributed by atoms with Gasteiger partial charge in [0.15, 0.2) is 0 Å². The van der Waals surface area contributed by atoms with E-state index in [1.54, 1.807) is 13.0 Å². The molecule has 0 spiro atoms.